The van der Waals surface area contributed by atoms with E-state index in [1.807, 2.05) is 0 Å². The van der Waals surface area contributed by atoms with Crippen molar-refractivity contribution in [2.24, 2.45) is 5.92 Å². The highest BCUT2D eigenvalue weighted by atomic mass is 16.1. The van der Waals surface area contributed by atoms with Gasteiger partial charge in [-0.1, -0.05) is 39.5 Å². The van der Waals surface area contributed by atoms with Crippen LogP contribution in [0.15, 0.2) is 0 Å². The van der Waals surface area contributed by atoms with Gasteiger partial charge in [0, 0.05) is 6.42 Å². The number of carbonyl (C=O) groups excluding carboxylic acids is 1. The lowest BCUT2D eigenvalue weighted by Gasteiger charge is -2.07. The molecule has 0 aliphatic carbocycles. The molecule has 0 heterocycles. The summed E-state index contributed by atoms with van der Waals surface area (Å²) in [6.45, 7) is 4.52. The summed E-state index contributed by atoms with van der Waals surface area (Å²) in [6.07, 6.45) is 7.98. The summed E-state index contributed by atoms with van der Waals surface area (Å²) in [4.78, 5) is 9.98. The molecule has 1 heteroatoms. The molecule has 11 heavy (non-hydrogen) atoms. The maximum atomic E-state index is 9.98. The SMILES string of the molecule is CCCC(C)CCCCC=O. The van der Waals surface area contributed by atoms with E-state index >= 15 is 0 Å². The van der Waals surface area contributed by atoms with E-state index in [1.165, 1.54) is 25.7 Å². The summed E-state index contributed by atoms with van der Waals surface area (Å²) in [7, 11) is 0. The molecule has 0 aromatic rings. The van der Waals surface area contributed by atoms with Gasteiger partial charge in [-0.15, -0.1) is 0 Å². The van der Waals surface area contributed by atoms with Crippen molar-refractivity contribution in [2.45, 2.75) is 52.4 Å². The standard InChI is InChI=1S/C10H20O/c1-3-7-10(2)8-5-4-6-9-11/h9-10H,3-8H2,1-2H3. The first-order valence-corrected chi connectivity index (χ1v) is 4.74. The summed E-state index contributed by atoms with van der Waals surface area (Å²) in [6, 6.07) is 0. The largest absolute Gasteiger partial charge is 0.303 e. The molecule has 0 fully saturated rings. The zero-order chi connectivity index (χ0) is 8.53. The van der Waals surface area contributed by atoms with Crippen LogP contribution in [0.25, 0.3) is 0 Å². The predicted molar refractivity (Wildman–Crippen MR) is 48.6 cm³/mol. The number of hydrogen-bond acceptors (Lipinski definition) is 1. The lowest BCUT2D eigenvalue weighted by atomic mass is 9.99. The Morgan fingerprint density at radius 2 is 2.00 bits per heavy atom. The molecule has 0 rings (SSSR count). The van der Waals surface area contributed by atoms with Crippen LogP contribution in [-0.2, 0) is 4.79 Å². The molecule has 0 aliphatic rings. The molecule has 0 radical (unpaired) electrons. The lowest BCUT2D eigenvalue weighted by molar-refractivity contribution is -0.107. The highest BCUT2D eigenvalue weighted by Gasteiger charge is 1.98. The van der Waals surface area contributed by atoms with Crippen LogP contribution in [0.3, 0.4) is 0 Å². The Bertz CT molecular complexity index is 88.9. The Labute approximate surface area is 70.2 Å². The summed E-state index contributed by atoms with van der Waals surface area (Å²) >= 11 is 0. The molecule has 0 saturated carbocycles. The number of unbranched alkanes of at least 4 members (excludes halogenated alkanes) is 2. The van der Waals surface area contributed by atoms with E-state index in [0.717, 1.165) is 25.0 Å². The highest BCUT2D eigenvalue weighted by molar-refractivity contribution is 5.48. The lowest BCUT2D eigenvalue weighted by Crippen LogP contribution is -1.93. The van der Waals surface area contributed by atoms with E-state index < -0.39 is 0 Å². The number of hydrogen-bond donors (Lipinski definition) is 0. The van der Waals surface area contributed by atoms with Crippen LogP contribution in [0.5, 0.6) is 0 Å². The number of carbonyl (C=O) groups is 1. The van der Waals surface area contributed by atoms with Gasteiger partial charge in [0.2, 0.25) is 0 Å². The number of rotatable bonds is 7. The van der Waals surface area contributed by atoms with Crippen molar-refractivity contribution in [1.82, 2.24) is 0 Å². The van der Waals surface area contributed by atoms with Gasteiger partial charge in [-0.05, 0) is 12.3 Å². The average molecular weight is 156 g/mol. The number of aldehydes is 1. The minimum Gasteiger partial charge on any atom is -0.303 e. The van der Waals surface area contributed by atoms with E-state index in [1.54, 1.807) is 0 Å². The predicted octanol–water partition coefficient (Wildman–Crippen LogP) is 3.18. The maximum Gasteiger partial charge on any atom is 0.119 e. The fourth-order valence-electron chi connectivity index (χ4n) is 1.36. The minimum absolute atomic E-state index is 0.749. The molecule has 0 saturated heterocycles. The smallest absolute Gasteiger partial charge is 0.119 e. The van der Waals surface area contributed by atoms with Crippen LogP contribution in [0.1, 0.15) is 52.4 Å². The van der Waals surface area contributed by atoms with Crippen LogP contribution in [0.4, 0.5) is 0 Å². The zero-order valence-electron chi connectivity index (χ0n) is 7.81. The van der Waals surface area contributed by atoms with Crippen LogP contribution in [0.2, 0.25) is 0 Å². The summed E-state index contributed by atoms with van der Waals surface area (Å²) in [5, 5.41) is 0. The van der Waals surface area contributed by atoms with E-state index in [2.05, 4.69) is 13.8 Å². The molecule has 1 nitrogen and oxygen atoms in total. The van der Waals surface area contributed by atoms with E-state index in [4.69, 9.17) is 0 Å². The van der Waals surface area contributed by atoms with Gasteiger partial charge in [0.15, 0.2) is 0 Å². The molecule has 0 aliphatic heterocycles. The summed E-state index contributed by atoms with van der Waals surface area (Å²) < 4.78 is 0. The van der Waals surface area contributed by atoms with Crippen molar-refractivity contribution in [3.05, 3.63) is 0 Å². The Balaban J connectivity index is 3.03. The minimum atomic E-state index is 0.749. The normalized spacial score (nSPS) is 12.9. The van der Waals surface area contributed by atoms with E-state index in [-0.39, 0.29) is 0 Å². The second-order valence-corrected chi connectivity index (χ2v) is 3.34. The third-order valence-corrected chi connectivity index (χ3v) is 2.05. The van der Waals surface area contributed by atoms with Crippen molar-refractivity contribution in [2.75, 3.05) is 0 Å². The van der Waals surface area contributed by atoms with Crippen LogP contribution < -0.4 is 0 Å². The van der Waals surface area contributed by atoms with Gasteiger partial charge >= 0.3 is 0 Å². The van der Waals surface area contributed by atoms with Crippen molar-refractivity contribution < 1.29 is 4.79 Å². The first-order chi connectivity index (χ1) is 5.31. The fourth-order valence-corrected chi connectivity index (χ4v) is 1.36. The second kappa shape index (κ2) is 7.77. The molecule has 0 N–H and O–H groups in total. The quantitative estimate of drug-likeness (QED) is 0.408. The maximum absolute atomic E-state index is 9.98. The van der Waals surface area contributed by atoms with Gasteiger partial charge in [0.25, 0.3) is 0 Å². The third kappa shape index (κ3) is 7.57. The van der Waals surface area contributed by atoms with Crippen LogP contribution in [-0.4, -0.2) is 6.29 Å². The van der Waals surface area contributed by atoms with Gasteiger partial charge < -0.3 is 4.79 Å². The fraction of sp³-hybridized carbons (Fsp3) is 0.900. The Hall–Kier alpha value is -0.330. The highest BCUT2D eigenvalue weighted by Crippen LogP contribution is 2.13. The Kier molecular flexibility index (Phi) is 7.54. The van der Waals surface area contributed by atoms with Crippen LogP contribution >= 0.6 is 0 Å². The third-order valence-electron chi connectivity index (χ3n) is 2.05. The monoisotopic (exact) mass is 156 g/mol. The molecule has 0 spiro atoms. The second-order valence-electron chi connectivity index (χ2n) is 3.34. The Morgan fingerprint density at radius 1 is 1.27 bits per heavy atom. The molecular formula is C10H20O. The first-order valence-electron chi connectivity index (χ1n) is 4.74. The van der Waals surface area contributed by atoms with Gasteiger partial charge in [-0.25, -0.2) is 0 Å². The zero-order valence-corrected chi connectivity index (χ0v) is 7.81. The van der Waals surface area contributed by atoms with Gasteiger partial charge in [-0.2, -0.15) is 0 Å². The molecule has 0 amide bonds. The van der Waals surface area contributed by atoms with Crippen molar-refractivity contribution >= 4 is 6.29 Å². The van der Waals surface area contributed by atoms with Gasteiger partial charge in [-0.3, -0.25) is 0 Å². The first kappa shape index (κ1) is 10.7. The molecule has 0 bridgehead atoms. The molecule has 1 atom stereocenters. The Morgan fingerprint density at radius 3 is 2.55 bits per heavy atom. The van der Waals surface area contributed by atoms with Crippen molar-refractivity contribution in [3.63, 3.8) is 0 Å². The van der Waals surface area contributed by atoms with Crippen molar-refractivity contribution in [1.29, 1.82) is 0 Å². The summed E-state index contributed by atoms with van der Waals surface area (Å²) in [5.41, 5.74) is 0. The van der Waals surface area contributed by atoms with E-state index in [9.17, 15) is 4.79 Å². The van der Waals surface area contributed by atoms with Gasteiger partial charge in [0.1, 0.15) is 6.29 Å². The average Bonchev–Trinajstić information content (AvgIpc) is 1.99. The molecule has 1 unspecified atom stereocenters. The molecular weight excluding hydrogens is 136 g/mol. The van der Waals surface area contributed by atoms with Gasteiger partial charge in [0.05, 0.1) is 0 Å². The molecule has 0 aromatic heterocycles. The van der Waals surface area contributed by atoms with Crippen molar-refractivity contribution in [3.8, 4) is 0 Å². The van der Waals surface area contributed by atoms with Crippen LogP contribution in [0, 0.1) is 5.92 Å². The van der Waals surface area contributed by atoms with E-state index in [0.29, 0.717) is 0 Å². The molecule has 0 aromatic carbocycles. The summed E-state index contributed by atoms with van der Waals surface area (Å²) in [5.74, 6) is 0.853. The molecule has 66 valence electrons. The topological polar surface area (TPSA) is 17.1 Å².